The van der Waals surface area contributed by atoms with Crippen LogP contribution < -0.4 is 0 Å². The smallest absolute Gasteiger partial charge is 0.282 e. The van der Waals surface area contributed by atoms with Crippen LogP contribution in [0.25, 0.3) is 0 Å². The topological polar surface area (TPSA) is 69.9 Å². The fourth-order valence-corrected chi connectivity index (χ4v) is 4.16. The molecule has 21 heavy (non-hydrogen) atoms. The van der Waals surface area contributed by atoms with Crippen molar-refractivity contribution in [3.05, 3.63) is 17.5 Å². The molecule has 2 heterocycles. The second kappa shape index (κ2) is 6.87. The van der Waals surface area contributed by atoms with Gasteiger partial charge in [-0.1, -0.05) is 19.0 Å². The van der Waals surface area contributed by atoms with Gasteiger partial charge < -0.3 is 4.52 Å². The van der Waals surface area contributed by atoms with Crippen LogP contribution >= 0.6 is 0 Å². The van der Waals surface area contributed by atoms with Gasteiger partial charge in [0.05, 0.1) is 5.69 Å². The van der Waals surface area contributed by atoms with E-state index in [2.05, 4.69) is 10.1 Å². The maximum absolute atomic E-state index is 12.4. The van der Waals surface area contributed by atoms with E-state index in [1.54, 1.807) is 4.31 Å². The molecule has 0 unspecified atom stereocenters. The van der Waals surface area contributed by atoms with Gasteiger partial charge in [-0.15, -0.1) is 0 Å². The molecule has 0 atom stereocenters. The van der Waals surface area contributed by atoms with E-state index in [-0.39, 0.29) is 0 Å². The summed E-state index contributed by atoms with van der Waals surface area (Å²) in [6.45, 7) is 9.80. The minimum Gasteiger partial charge on any atom is -0.361 e. The maximum atomic E-state index is 12.4. The molecule has 1 aliphatic rings. The molecule has 1 saturated heterocycles. The third kappa shape index (κ3) is 3.82. The van der Waals surface area contributed by atoms with Gasteiger partial charge in [0, 0.05) is 51.9 Å². The quantitative estimate of drug-likeness (QED) is 0.772. The summed E-state index contributed by atoms with van der Waals surface area (Å²) < 4.78 is 33.0. The first-order chi connectivity index (χ1) is 9.97. The van der Waals surface area contributed by atoms with Crippen LogP contribution in [0, 0.1) is 6.92 Å². The Morgan fingerprint density at radius 3 is 2.33 bits per heavy atom. The first-order valence-electron chi connectivity index (χ1n) is 7.37. The van der Waals surface area contributed by atoms with E-state index in [9.17, 15) is 8.42 Å². The summed E-state index contributed by atoms with van der Waals surface area (Å²) in [5.41, 5.74) is 0.896. The Bertz CT molecular complexity index is 546. The zero-order valence-corrected chi connectivity index (χ0v) is 13.8. The third-order valence-corrected chi connectivity index (χ3v) is 5.94. The molecular weight excluding hydrogens is 292 g/mol. The summed E-state index contributed by atoms with van der Waals surface area (Å²) in [6, 6.07) is 1.92. The lowest BCUT2D eigenvalue weighted by Crippen LogP contribution is -2.52. The van der Waals surface area contributed by atoms with Crippen LogP contribution in [-0.2, 0) is 16.8 Å². The van der Waals surface area contributed by atoms with Crippen LogP contribution in [0.4, 0.5) is 0 Å². The van der Waals surface area contributed by atoms with Crippen LogP contribution in [0.2, 0.25) is 0 Å². The number of hydrogen-bond acceptors (Lipinski definition) is 5. The van der Waals surface area contributed by atoms with Crippen molar-refractivity contribution in [1.29, 1.82) is 0 Å². The lowest BCUT2D eigenvalue weighted by Gasteiger charge is -2.35. The van der Waals surface area contributed by atoms with Crippen LogP contribution in [-0.4, -0.2) is 66.4 Å². The summed E-state index contributed by atoms with van der Waals surface area (Å²) >= 11 is 0. The molecule has 0 radical (unpaired) electrons. The Hall–Kier alpha value is -0.960. The summed E-state index contributed by atoms with van der Waals surface area (Å²) in [5, 5.41) is 3.98. The highest BCUT2D eigenvalue weighted by molar-refractivity contribution is 7.86. The number of nitrogens with zero attached hydrogens (tertiary/aromatic N) is 4. The number of rotatable bonds is 6. The SMILES string of the molecule is CCN(CC)S(=O)(=O)N1CCN(Cc2cc(C)on2)CC1. The first-order valence-corrected chi connectivity index (χ1v) is 8.76. The molecule has 0 aliphatic carbocycles. The number of piperazine rings is 1. The van der Waals surface area contributed by atoms with E-state index >= 15 is 0 Å². The Labute approximate surface area is 126 Å². The fourth-order valence-electron chi connectivity index (χ4n) is 2.55. The lowest BCUT2D eigenvalue weighted by molar-refractivity contribution is 0.171. The Balaban J connectivity index is 1.91. The molecule has 0 N–H and O–H groups in total. The predicted molar refractivity (Wildman–Crippen MR) is 79.9 cm³/mol. The van der Waals surface area contributed by atoms with E-state index in [0.717, 1.165) is 11.5 Å². The van der Waals surface area contributed by atoms with Crippen molar-refractivity contribution >= 4 is 10.2 Å². The molecule has 0 saturated carbocycles. The molecule has 1 fully saturated rings. The van der Waals surface area contributed by atoms with E-state index < -0.39 is 10.2 Å². The fraction of sp³-hybridized carbons (Fsp3) is 0.769. The average Bonchev–Trinajstić information content (AvgIpc) is 2.86. The molecule has 1 aromatic rings. The monoisotopic (exact) mass is 316 g/mol. The molecule has 2 rings (SSSR count). The Morgan fingerprint density at radius 2 is 1.86 bits per heavy atom. The van der Waals surface area contributed by atoms with Crippen molar-refractivity contribution in [2.24, 2.45) is 0 Å². The summed E-state index contributed by atoms with van der Waals surface area (Å²) in [7, 11) is -3.31. The van der Waals surface area contributed by atoms with E-state index in [4.69, 9.17) is 4.52 Å². The minimum atomic E-state index is -3.31. The van der Waals surface area contributed by atoms with Gasteiger partial charge in [-0.2, -0.15) is 17.0 Å². The molecule has 0 spiro atoms. The van der Waals surface area contributed by atoms with E-state index in [1.807, 2.05) is 26.8 Å². The summed E-state index contributed by atoms with van der Waals surface area (Å²) in [4.78, 5) is 2.20. The minimum absolute atomic E-state index is 0.511. The molecule has 120 valence electrons. The predicted octanol–water partition coefficient (Wildman–Crippen LogP) is 0.687. The zero-order valence-electron chi connectivity index (χ0n) is 12.9. The molecular formula is C13H24N4O3S. The highest BCUT2D eigenvalue weighted by atomic mass is 32.2. The molecule has 1 aliphatic heterocycles. The van der Waals surface area contributed by atoms with Gasteiger partial charge >= 0.3 is 0 Å². The molecule has 0 amide bonds. The van der Waals surface area contributed by atoms with Crippen LogP contribution in [0.15, 0.2) is 10.6 Å². The Kier molecular flexibility index (Phi) is 5.37. The van der Waals surface area contributed by atoms with E-state index in [1.165, 1.54) is 4.31 Å². The molecule has 8 heteroatoms. The van der Waals surface area contributed by atoms with Gasteiger partial charge in [0.15, 0.2) is 0 Å². The first kappa shape index (κ1) is 16.4. The standard InChI is InChI=1S/C13H24N4O3S/c1-4-16(5-2)21(18,19)17-8-6-15(7-9-17)11-13-10-12(3)20-14-13/h10H,4-9,11H2,1-3H3. The van der Waals surface area contributed by atoms with Gasteiger partial charge in [0.1, 0.15) is 5.76 Å². The number of hydrogen-bond donors (Lipinski definition) is 0. The third-order valence-electron chi connectivity index (χ3n) is 3.75. The van der Waals surface area contributed by atoms with Gasteiger partial charge in [0.2, 0.25) is 0 Å². The van der Waals surface area contributed by atoms with Crippen molar-refractivity contribution < 1.29 is 12.9 Å². The second-order valence-corrected chi connectivity index (χ2v) is 7.12. The highest BCUT2D eigenvalue weighted by Gasteiger charge is 2.30. The van der Waals surface area contributed by atoms with Crippen LogP contribution in [0.5, 0.6) is 0 Å². The van der Waals surface area contributed by atoms with Gasteiger partial charge in [-0.25, -0.2) is 0 Å². The summed E-state index contributed by atoms with van der Waals surface area (Å²) in [6.07, 6.45) is 0. The average molecular weight is 316 g/mol. The highest BCUT2D eigenvalue weighted by Crippen LogP contribution is 2.14. The van der Waals surface area contributed by atoms with Crippen molar-refractivity contribution in [2.75, 3.05) is 39.3 Å². The Morgan fingerprint density at radius 1 is 1.24 bits per heavy atom. The summed E-state index contributed by atoms with van der Waals surface area (Å²) in [5.74, 6) is 0.799. The van der Waals surface area contributed by atoms with Crippen LogP contribution in [0.1, 0.15) is 25.3 Å². The second-order valence-electron chi connectivity index (χ2n) is 5.20. The number of aryl methyl sites for hydroxylation is 1. The van der Waals surface area contributed by atoms with Gasteiger partial charge in [-0.05, 0) is 6.92 Å². The molecule has 1 aromatic heterocycles. The van der Waals surface area contributed by atoms with Crippen molar-refractivity contribution in [3.8, 4) is 0 Å². The lowest BCUT2D eigenvalue weighted by atomic mass is 10.3. The maximum Gasteiger partial charge on any atom is 0.282 e. The number of aromatic nitrogens is 1. The van der Waals surface area contributed by atoms with Crippen molar-refractivity contribution in [3.63, 3.8) is 0 Å². The largest absolute Gasteiger partial charge is 0.361 e. The normalized spacial score (nSPS) is 18.5. The zero-order chi connectivity index (χ0) is 15.5. The van der Waals surface area contributed by atoms with Crippen molar-refractivity contribution in [1.82, 2.24) is 18.7 Å². The van der Waals surface area contributed by atoms with E-state index in [0.29, 0.717) is 45.8 Å². The molecule has 0 bridgehead atoms. The molecule has 0 aromatic carbocycles. The molecule has 7 nitrogen and oxygen atoms in total. The van der Waals surface area contributed by atoms with Crippen molar-refractivity contribution in [2.45, 2.75) is 27.3 Å². The van der Waals surface area contributed by atoms with Crippen LogP contribution in [0.3, 0.4) is 0 Å². The van der Waals surface area contributed by atoms with Gasteiger partial charge in [-0.3, -0.25) is 4.90 Å². The van der Waals surface area contributed by atoms with Gasteiger partial charge in [0.25, 0.3) is 10.2 Å².